The molecule has 0 fully saturated rings. The van der Waals surface area contributed by atoms with Gasteiger partial charge in [0, 0.05) is 27.9 Å². The number of hydrogen-bond donors (Lipinski definition) is 0. The normalized spacial score (nSPS) is 13.8. The van der Waals surface area contributed by atoms with Crippen molar-refractivity contribution < 1.29 is 0 Å². The smallest absolute Gasteiger partial charge is 0.0544 e. The summed E-state index contributed by atoms with van der Waals surface area (Å²) in [7, 11) is 0. The van der Waals surface area contributed by atoms with Gasteiger partial charge in [-0.1, -0.05) is 204 Å². The molecule has 2 aliphatic heterocycles. The summed E-state index contributed by atoms with van der Waals surface area (Å²) in [6.07, 6.45) is 0. The Hall–Kier alpha value is -8.72. The lowest BCUT2D eigenvalue weighted by molar-refractivity contribution is 0.598. The molecule has 0 atom stereocenters. The number of fused-ring (bicyclic) bond motifs is 5. The lowest BCUT2D eigenvalue weighted by Gasteiger charge is -2.50. The first-order valence-electron chi connectivity index (χ1n) is 25.2. The molecule has 0 saturated carbocycles. The van der Waals surface area contributed by atoms with Gasteiger partial charge >= 0.3 is 0 Å². The summed E-state index contributed by atoms with van der Waals surface area (Å²) >= 11 is 0. The number of rotatable bonds is 8. The van der Waals surface area contributed by atoms with Crippen molar-refractivity contribution in [1.82, 2.24) is 0 Å². The van der Waals surface area contributed by atoms with Gasteiger partial charge in [-0.2, -0.15) is 0 Å². The zero-order valence-electron chi connectivity index (χ0n) is 41.1. The second kappa shape index (κ2) is 17.0. The molecule has 2 aliphatic rings. The van der Waals surface area contributed by atoms with Gasteiger partial charge in [0.25, 0.3) is 0 Å². The SMILES string of the molecule is CC1(C)c2cc(-c3ccccc3)ccc2N2c3ccc(-c4ccccc4)cc3C(C)(C)c3cc(-c4ccc5cc(N(c6ccc(-c7ccccc7)cc6)c6ccc(-c7ccccc7)cc6)ccc5c4)cc1c32. The maximum absolute atomic E-state index is 2.58. The molecule has 0 amide bonds. The highest BCUT2D eigenvalue weighted by molar-refractivity contribution is 5.97. The maximum atomic E-state index is 2.58. The Morgan fingerprint density at radius 1 is 0.264 bits per heavy atom. The van der Waals surface area contributed by atoms with E-state index in [1.807, 2.05) is 0 Å². The Morgan fingerprint density at radius 2 is 0.583 bits per heavy atom. The molecule has 0 bridgehead atoms. The molecule has 72 heavy (non-hydrogen) atoms. The third-order valence-electron chi connectivity index (χ3n) is 15.6. The van der Waals surface area contributed by atoms with E-state index in [4.69, 9.17) is 0 Å². The van der Waals surface area contributed by atoms with Gasteiger partial charge in [-0.3, -0.25) is 0 Å². The molecule has 0 spiro atoms. The number of hydrogen-bond acceptors (Lipinski definition) is 2. The standard InChI is InChI=1S/C70H54N2/c1-69(2)62-43-56(49-21-13-7-14-22-49)32-39-66(62)72-67-40-33-57(50-23-15-8-16-24-50)44-63(67)70(3,4)65-46-58(45-64(69)68(65)72)54-25-26-55-42-61(38-31-53(55)41-54)71(59-34-27-51(28-35-59)47-17-9-5-10-18-47)60-36-29-52(30-37-60)48-19-11-6-12-20-48/h5-46H,1-4H3. The van der Waals surface area contributed by atoms with Crippen molar-refractivity contribution in [3.63, 3.8) is 0 Å². The van der Waals surface area contributed by atoms with Crippen LogP contribution in [0.15, 0.2) is 255 Å². The second-order valence-electron chi connectivity index (χ2n) is 20.6. The highest BCUT2D eigenvalue weighted by atomic mass is 15.2. The van der Waals surface area contributed by atoms with Gasteiger partial charge in [-0.05, 0) is 168 Å². The first-order chi connectivity index (χ1) is 35.2. The van der Waals surface area contributed by atoms with Crippen LogP contribution in [0.1, 0.15) is 49.9 Å². The number of nitrogens with zero attached hydrogens (tertiary/aromatic N) is 2. The zero-order valence-corrected chi connectivity index (χ0v) is 41.1. The highest BCUT2D eigenvalue weighted by Gasteiger charge is 2.46. The summed E-state index contributed by atoms with van der Waals surface area (Å²) in [6.45, 7) is 9.71. The van der Waals surface area contributed by atoms with Crippen LogP contribution >= 0.6 is 0 Å². The minimum Gasteiger partial charge on any atom is -0.310 e. The molecule has 0 saturated heterocycles. The number of benzene rings is 11. The monoisotopic (exact) mass is 922 g/mol. The molecule has 0 radical (unpaired) electrons. The third kappa shape index (κ3) is 7.25. The predicted molar refractivity (Wildman–Crippen MR) is 305 cm³/mol. The molecule has 2 nitrogen and oxygen atoms in total. The van der Waals surface area contributed by atoms with E-state index in [1.54, 1.807) is 0 Å². The van der Waals surface area contributed by atoms with E-state index in [-0.39, 0.29) is 10.8 Å². The topological polar surface area (TPSA) is 6.48 Å². The molecule has 0 aliphatic carbocycles. The minimum atomic E-state index is -0.290. The summed E-state index contributed by atoms with van der Waals surface area (Å²) in [5, 5.41) is 2.40. The fourth-order valence-corrected chi connectivity index (χ4v) is 11.6. The zero-order chi connectivity index (χ0) is 48.6. The Labute approximate surface area is 423 Å². The van der Waals surface area contributed by atoms with Crippen LogP contribution < -0.4 is 9.80 Å². The quantitative estimate of drug-likeness (QED) is 0.150. The van der Waals surface area contributed by atoms with Crippen molar-refractivity contribution in [1.29, 1.82) is 0 Å². The molecule has 11 aromatic rings. The van der Waals surface area contributed by atoms with Crippen molar-refractivity contribution in [2.45, 2.75) is 38.5 Å². The highest BCUT2D eigenvalue weighted by Crippen LogP contribution is 2.61. The van der Waals surface area contributed by atoms with Gasteiger partial charge in [0.1, 0.15) is 0 Å². The van der Waals surface area contributed by atoms with Crippen LogP contribution in [0, 0.1) is 0 Å². The Bertz CT molecular complexity index is 3610. The first kappa shape index (κ1) is 43.3. The Balaban J connectivity index is 0.935. The summed E-state index contributed by atoms with van der Waals surface area (Å²) in [4.78, 5) is 4.96. The van der Waals surface area contributed by atoms with Gasteiger partial charge in [-0.25, -0.2) is 0 Å². The summed E-state index contributed by atoms with van der Waals surface area (Å²) < 4.78 is 0. The lowest BCUT2D eigenvalue weighted by Crippen LogP contribution is -2.38. The van der Waals surface area contributed by atoms with Crippen LogP contribution in [0.4, 0.5) is 34.1 Å². The van der Waals surface area contributed by atoms with Crippen LogP contribution in [0.5, 0.6) is 0 Å². The van der Waals surface area contributed by atoms with E-state index in [0.717, 1.165) is 17.1 Å². The van der Waals surface area contributed by atoms with Gasteiger partial charge in [-0.15, -0.1) is 0 Å². The Kier molecular flexibility index (Phi) is 10.2. The van der Waals surface area contributed by atoms with E-state index >= 15 is 0 Å². The summed E-state index contributed by atoms with van der Waals surface area (Å²) in [5.41, 5.74) is 24.1. The van der Waals surface area contributed by atoms with E-state index < -0.39 is 0 Å². The van der Waals surface area contributed by atoms with Gasteiger partial charge in [0.2, 0.25) is 0 Å². The maximum Gasteiger partial charge on any atom is 0.0544 e. The lowest BCUT2D eigenvalue weighted by atomic mass is 9.65. The molecule has 2 heteroatoms. The van der Waals surface area contributed by atoms with Crippen LogP contribution in [-0.2, 0) is 10.8 Å². The van der Waals surface area contributed by atoms with Crippen molar-refractivity contribution >= 4 is 44.9 Å². The van der Waals surface area contributed by atoms with Crippen molar-refractivity contribution in [2.75, 3.05) is 9.80 Å². The van der Waals surface area contributed by atoms with Crippen LogP contribution in [0.3, 0.4) is 0 Å². The van der Waals surface area contributed by atoms with Crippen molar-refractivity contribution in [3.8, 4) is 55.6 Å². The molecule has 2 heterocycles. The first-order valence-corrected chi connectivity index (χ1v) is 25.2. The van der Waals surface area contributed by atoms with Crippen LogP contribution in [-0.4, -0.2) is 0 Å². The molecular weight excluding hydrogens is 869 g/mol. The largest absolute Gasteiger partial charge is 0.310 e. The average Bonchev–Trinajstić information content (AvgIpc) is 3.44. The summed E-state index contributed by atoms with van der Waals surface area (Å²) in [6, 6.07) is 94.0. The predicted octanol–water partition coefficient (Wildman–Crippen LogP) is 19.4. The van der Waals surface area contributed by atoms with Gasteiger partial charge in [0.15, 0.2) is 0 Å². The molecule has 0 aromatic heterocycles. The molecular formula is C70H54N2. The minimum absolute atomic E-state index is 0.290. The van der Waals surface area contributed by atoms with Gasteiger partial charge < -0.3 is 9.80 Å². The van der Waals surface area contributed by atoms with Crippen molar-refractivity contribution in [3.05, 3.63) is 277 Å². The average molecular weight is 923 g/mol. The number of anilines is 6. The van der Waals surface area contributed by atoms with E-state index in [0.29, 0.717) is 0 Å². The molecule has 0 N–H and O–H groups in total. The Morgan fingerprint density at radius 3 is 1.03 bits per heavy atom. The van der Waals surface area contributed by atoms with E-state index in [1.165, 1.54) is 106 Å². The fourth-order valence-electron chi connectivity index (χ4n) is 11.6. The summed E-state index contributed by atoms with van der Waals surface area (Å²) in [5.74, 6) is 0. The third-order valence-corrected chi connectivity index (χ3v) is 15.6. The molecule has 13 rings (SSSR count). The van der Waals surface area contributed by atoms with Crippen LogP contribution in [0.2, 0.25) is 0 Å². The molecule has 344 valence electrons. The molecule has 0 unspecified atom stereocenters. The fraction of sp³-hybridized carbons (Fsp3) is 0.0857. The van der Waals surface area contributed by atoms with Crippen molar-refractivity contribution in [2.24, 2.45) is 0 Å². The van der Waals surface area contributed by atoms with Crippen LogP contribution in [0.25, 0.3) is 66.4 Å². The van der Waals surface area contributed by atoms with Gasteiger partial charge in [0.05, 0.1) is 17.1 Å². The molecule has 11 aromatic carbocycles. The van der Waals surface area contributed by atoms with E-state index in [2.05, 4.69) is 292 Å². The van der Waals surface area contributed by atoms with E-state index in [9.17, 15) is 0 Å². The second-order valence-corrected chi connectivity index (χ2v) is 20.6.